The second-order valence-corrected chi connectivity index (χ2v) is 4.17. The van der Waals surface area contributed by atoms with Crippen LogP contribution in [0.2, 0.25) is 0 Å². The minimum Gasteiger partial charge on any atom is -0.396 e. The van der Waals surface area contributed by atoms with Crippen molar-refractivity contribution >= 4 is 5.91 Å². The van der Waals surface area contributed by atoms with Crippen LogP contribution >= 0.6 is 0 Å². The smallest absolute Gasteiger partial charge is 0.248 e. The molecule has 1 amide bonds. The molecule has 1 aromatic carbocycles. The van der Waals surface area contributed by atoms with Gasteiger partial charge in [-0.05, 0) is 31.0 Å². The minimum atomic E-state index is -0.571. The molecule has 4 N–H and O–H groups in total. The van der Waals surface area contributed by atoms with Crippen molar-refractivity contribution in [2.75, 3.05) is 6.61 Å². The van der Waals surface area contributed by atoms with Crippen molar-refractivity contribution in [2.24, 2.45) is 5.73 Å². The number of primary amides is 1. The van der Waals surface area contributed by atoms with Gasteiger partial charge in [0, 0.05) is 30.3 Å². The average molecular weight is 254 g/mol. The molecule has 0 fully saturated rings. The van der Waals surface area contributed by atoms with E-state index in [9.17, 15) is 9.18 Å². The molecular formula is C13H19FN2O2. The molecule has 100 valence electrons. The highest BCUT2D eigenvalue weighted by molar-refractivity contribution is 5.92. The number of carbonyl (C=O) groups is 1. The second-order valence-electron chi connectivity index (χ2n) is 4.17. The summed E-state index contributed by atoms with van der Waals surface area (Å²) in [4.78, 5) is 11.0. The molecule has 0 heterocycles. The van der Waals surface area contributed by atoms with Crippen LogP contribution in [0.3, 0.4) is 0 Å². The molecule has 1 aromatic rings. The fourth-order valence-corrected chi connectivity index (χ4v) is 1.72. The van der Waals surface area contributed by atoms with Gasteiger partial charge >= 0.3 is 0 Å². The van der Waals surface area contributed by atoms with Gasteiger partial charge in [-0.15, -0.1) is 0 Å². The van der Waals surface area contributed by atoms with Crippen LogP contribution in [-0.4, -0.2) is 23.7 Å². The van der Waals surface area contributed by atoms with Crippen molar-refractivity contribution in [3.8, 4) is 0 Å². The van der Waals surface area contributed by atoms with Gasteiger partial charge in [-0.1, -0.05) is 6.92 Å². The number of hydrogen-bond donors (Lipinski definition) is 3. The maximum atomic E-state index is 13.5. The van der Waals surface area contributed by atoms with Crippen LogP contribution in [0.25, 0.3) is 0 Å². The van der Waals surface area contributed by atoms with Crippen LogP contribution in [0.4, 0.5) is 4.39 Å². The predicted molar refractivity (Wildman–Crippen MR) is 67.5 cm³/mol. The van der Waals surface area contributed by atoms with Crippen molar-refractivity contribution < 1.29 is 14.3 Å². The summed E-state index contributed by atoms with van der Waals surface area (Å²) in [5.74, 6) is -0.940. The van der Waals surface area contributed by atoms with Crippen LogP contribution in [-0.2, 0) is 6.54 Å². The molecule has 1 unspecified atom stereocenters. The first-order valence-corrected chi connectivity index (χ1v) is 6.01. The third-order valence-corrected chi connectivity index (χ3v) is 2.88. The Labute approximate surface area is 106 Å². The van der Waals surface area contributed by atoms with Gasteiger partial charge in [-0.3, -0.25) is 4.79 Å². The summed E-state index contributed by atoms with van der Waals surface area (Å²) < 4.78 is 13.5. The minimum absolute atomic E-state index is 0.0926. The van der Waals surface area contributed by atoms with Gasteiger partial charge in [0.2, 0.25) is 5.91 Å². The molecule has 0 aliphatic rings. The SMILES string of the molecule is CCC(CCO)NCc1cc(C(N)=O)ccc1F. The van der Waals surface area contributed by atoms with Gasteiger partial charge in [-0.2, -0.15) is 0 Å². The van der Waals surface area contributed by atoms with E-state index in [1.165, 1.54) is 18.2 Å². The van der Waals surface area contributed by atoms with Gasteiger partial charge in [-0.25, -0.2) is 4.39 Å². The monoisotopic (exact) mass is 254 g/mol. The Morgan fingerprint density at radius 2 is 2.28 bits per heavy atom. The molecule has 0 aromatic heterocycles. The molecule has 4 nitrogen and oxygen atoms in total. The van der Waals surface area contributed by atoms with Crippen molar-refractivity contribution in [1.82, 2.24) is 5.32 Å². The molecular weight excluding hydrogens is 235 g/mol. The molecule has 0 aliphatic heterocycles. The van der Waals surface area contributed by atoms with E-state index in [4.69, 9.17) is 10.8 Å². The van der Waals surface area contributed by atoms with E-state index in [0.717, 1.165) is 6.42 Å². The van der Waals surface area contributed by atoms with E-state index in [1.54, 1.807) is 0 Å². The first-order valence-electron chi connectivity index (χ1n) is 6.01. The van der Waals surface area contributed by atoms with Gasteiger partial charge < -0.3 is 16.2 Å². The van der Waals surface area contributed by atoms with Crippen molar-refractivity contribution in [3.63, 3.8) is 0 Å². The zero-order valence-electron chi connectivity index (χ0n) is 10.4. The zero-order chi connectivity index (χ0) is 13.5. The molecule has 0 radical (unpaired) electrons. The average Bonchev–Trinajstić information content (AvgIpc) is 2.35. The first kappa shape index (κ1) is 14.6. The summed E-state index contributed by atoms with van der Waals surface area (Å²) in [6, 6.07) is 4.19. The largest absolute Gasteiger partial charge is 0.396 e. The maximum absolute atomic E-state index is 13.5. The highest BCUT2D eigenvalue weighted by atomic mass is 19.1. The van der Waals surface area contributed by atoms with Crippen molar-refractivity contribution in [2.45, 2.75) is 32.4 Å². The van der Waals surface area contributed by atoms with Crippen LogP contribution in [0.5, 0.6) is 0 Å². The quantitative estimate of drug-likeness (QED) is 0.684. The molecule has 0 spiro atoms. The number of nitrogens with one attached hydrogen (secondary N) is 1. The van der Waals surface area contributed by atoms with E-state index < -0.39 is 5.91 Å². The summed E-state index contributed by atoms with van der Waals surface area (Å²) in [7, 11) is 0. The normalized spacial score (nSPS) is 12.4. The molecule has 0 saturated heterocycles. The molecule has 0 saturated carbocycles. The Bertz CT molecular complexity index is 410. The standard InChI is InChI=1S/C13H19FN2O2/c1-2-11(5-6-17)16-8-10-7-9(13(15)18)3-4-12(10)14/h3-4,7,11,16-17H,2,5-6,8H2,1H3,(H2,15,18). The summed E-state index contributed by atoms with van der Waals surface area (Å²) in [6.45, 7) is 2.39. The maximum Gasteiger partial charge on any atom is 0.248 e. The summed E-state index contributed by atoms with van der Waals surface area (Å²) in [5.41, 5.74) is 5.85. The molecule has 5 heteroatoms. The number of amides is 1. The lowest BCUT2D eigenvalue weighted by Gasteiger charge is -2.16. The summed E-state index contributed by atoms with van der Waals surface area (Å²) in [5, 5.41) is 12.0. The number of hydrogen-bond acceptors (Lipinski definition) is 3. The van der Waals surface area contributed by atoms with E-state index >= 15 is 0 Å². The Morgan fingerprint density at radius 3 is 2.83 bits per heavy atom. The van der Waals surface area contributed by atoms with Crippen molar-refractivity contribution in [3.05, 3.63) is 35.1 Å². The third-order valence-electron chi connectivity index (χ3n) is 2.88. The van der Waals surface area contributed by atoms with Crippen molar-refractivity contribution in [1.29, 1.82) is 0 Å². The Hall–Kier alpha value is -1.46. The Kier molecular flexibility index (Phi) is 5.74. The fourth-order valence-electron chi connectivity index (χ4n) is 1.72. The predicted octanol–water partition coefficient (Wildman–Crippen LogP) is 1.18. The lowest BCUT2D eigenvalue weighted by molar-refractivity contribution is 0.1000. The molecule has 0 aliphatic carbocycles. The van der Waals surface area contributed by atoms with Crippen LogP contribution < -0.4 is 11.1 Å². The van der Waals surface area contributed by atoms with E-state index in [1.807, 2.05) is 6.92 Å². The topological polar surface area (TPSA) is 75.3 Å². The summed E-state index contributed by atoms with van der Waals surface area (Å²) >= 11 is 0. The summed E-state index contributed by atoms with van der Waals surface area (Å²) in [6.07, 6.45) is 1.46. The van der Waals surface area contributed by atoms with Crippen LogP contribution in [0.1, 0.15) is 35.7 Å². The highest BCUT2D eigenvalue weighted by Crippen LogP contribution is 2.11. The number of carbonyl (C=O) groups excluding carboxylic acids is 1. The zero-order valence-corrected chi connectivity index (χ0v) is 10.4. The molecule has 18 heavy (non-hydrogen) atoms. The van der Waals surface area contributed by atoms with Gasteiger partial charge in [0.05, 0.1) is 0 Å². The second kappa shape index (κ2) is 7.08. The number of aliphatic hydroxyl groups excluding tert-OH is 1. The lowest BCUT2D eigenvalue weighted by atomic mass is 10.1. The van der Waals surface area contributed by atoms with Crippen LogP contribution in [0, 0.1) is 5.82 Å². The van der Waals surface area contributed by atoms with E-state index in [-0.39, 0.29) is 18.5 Å². The lowest BCUT2D eigenvalue weighted by Crippen LogP contribution is -2.29. The molecule has 1 rings (SSSR count). The number of aliphatic hydroxyl groups is 1. The highest BCUT2D eigenvalue weighted by Gasteiger charge is 2.09. The third kappa shape index (κ3) is 4.09. The Morgan fingerprint density at radius 1 is 1.56 bits per heavy atom. The number of halogens is 1. The molecule has 1 atom stereocenters. The van der Waals surface area contributed by atoms with E-state index in [0.29, 0.717) is 24.1 Å². The van der Waals surface area contributed by atoms with Gasteiger partial charge in [0.25, 0.3) is 0 Å². The fraction of sp³-hybridized carbons (Fsp3) is 0.462. The van der Waals surface area contributed by atoms with Gasteiger partial charge in [0.1, 0.15) is 5.82 Å². The van der Waals surface area contributed by atoms with Gasteiger partial charge in [0.15, 0.2) is 0 Å². The number of benzene rings is 1. The van der Waals surface area contributed by atoms with E-state index in [2.05, 4.69) is 5.32 Å². The molecule has 0 bridgehead atoms. The number of rotatable bonds is 7. The van der Waals surface area contributed by atoms with Crippen LogP contribution in [0.15, 0.2) is 18.2 Å². The Balaban J connectivity index is 2.71. The first-order chi connectivity index (χ1) is 8.58. The number of nitrogens with two attached hydrogens (primary N) is 1.